The molecule has 3 rings (SSSR count). The van der Waals surface area contributed by atoms with E-state index in [2.05, 4.69) is 9.88 Å². The summed E-state index contributed by atoms with van der Waals surface area (Å²) in [4.78, 5) is 12.7. The minimum absolute atomic E-state index is 0.0585. The molecule has 0 saturated carbocycles. The molecule has 1 aromatic heterocycles. The number of methoxy groups -OCH3 is 1. The van der Waals surface area contributed by atoms with E-state index in [0.29, 0.717) is 5.69 Å². The van der Waals surface area contributed by atoms with Gasteiger partial charge in [0.05, 0.1) is 7.11 Å². The normalized spacial score (nSPS) is 11.1. The lowest BCUT2D eigenvalue weighted by Crippen LogP contribution is -2.13. The summed E-state index contributed by atoms with van der Waals surface area (Å²) < 4.78 is 7.31. The number of nitrogens with zero attached hydrogens (tertiary/aromatic N) is 2. The van der Waals surface area contributed by atoms with Crippen LogP contribution >= 0.6 is 0 Å². The minimum atomic E-state index is -0.421. The molecule has 1 N–H and O–H groups in total. The lowest BCUT2D eigenvalue weighted by molar-refractivity contribution is -0.112. The summed E-state index contributed by atoms with van der Waals surface area (Å²) in [5.74, 6) is 0.367. The van der Waals surface area contributed by atoms with Crippen molar-refractivity contribution in [2.45, 2.75) is 27.7 Å². The van der Waals surface area contributed by atoms with Crippen LogP contribution in [0.1, 0.15) is 28.1 Å². The summed E-state index contributed by atoms with van der Waals surface area (Å²) in [6.45, 7) is 7.97. The summed E-state index contributed by atoms with van der Waals surface area (Å²) in [6.07, 6.45) is 1.64. The molecule has 3 aromatic rings. The summed E-state index contributed by atoms with van der Waals surface area (Å²) in [5.41, 5.74) is 6.74. The number of carbonyl (C=O) groups excluding carboxylic acids is 1. The molecule has 30 heavy (non-hydrogen) atoms. The highest BCUT2D eigenvalue weighted by molar-refractivity contribution is 6.09. The Balaban J connectivity index is 1.91. The number of benzene rings is 2. The number of hydrogen-bond acceptors (Lipinski definition) is 3. The summed E-state index contributed by atoms with van der Waals surface area (Å²) in [5, 5.41) is 12.4. The number of amides is 1. The first-order chi connectivity index (χ1) is 14.3. The maximum atomic E-state index is 12.7. The third-order valence-electron chi connectivity index (χ3n) is 5.23. The van der Waals surface area contributed by atoms with E-state index < -0.39 is 5.91 Å². The zero-order valence-electron chi connectivity index (χ0n) is 17.9. The van der Waals surface area contributed by atoms with Crippen molar-refractivity contribution >= 4 is 17.7 Å². The van der Waals surface area contributed by atoms with Gasteiger partial charge in [-0.2, -0.15) is 5.26 Å². The van der Waals surface area contributed by atoms with Gasteiger partial charge in [-0.1, -0.05) is 6.07 Å². The highest BCUT2D eigenvalue weighted by Crippen LogP contribution is 2.24. The van der Waals surface area contributed by atoms with Gasteiger partial charge in [0.1, 0.15) is 17.4 Å². The van der Waals surface area contributed by atoms with Crippen molar-refractivity contribution in [1.82, 2.24) is 4.57 Å². The van der Waals surface area contributed by atoms with Crippen LogP contribution in [0.15, 0.2) is 54.1 Å². The lowest BCUT2D eigenvalue weighted by Gasteiger charge is -2.10. The molecular formula is C25H25N3O2. The van der Waals surface area contributed by atoms with E-state index in [-0.39, 0.29) is 5.57 Å². The average molecular weight is 399 g/mol. The Kier molecular flexibility index (Phi) is 6.08. The van der Waals surface area contributed by atoms with Crippen LogP contribution in [0.4, 0.5) is 5.69 Å². The van der Waals surface area contributed by atoms with Crippen molar-refractivity contribution in [1.29, 1.82) is 5.26 Å². The molecule has 152 valence electrons. The molecular weight excluding hydrogens is 374 g/mol. The van der Waals surface area contributed by atoms with Crippen LogP contribution in [0, 0.1) is 39.0 Å². The first-order valence-corrected chi connectivity index (χ1v) is 9.68. The van der Waals surface area contributed by atoms with Gasteiger partial charge in [-0.3, -0.25) is 4.79 Å². The number of rotatable bonds is 5. The molecule has 0 aliphatic carbocycles. The van der Waals surface area contributed by atoms with E-state index in [9.17, 15) is 10.1 Å². The maximum Gasteiger partial charge on any atom is 0.266 e. The molecule has 0 aliphatic heterocycles. The highest BCUT2D eigenvalue weighted by atomic mass is 16.5. The number of nitrogens with one attached hydrogen (secondary N) is 1. The number of aromatic nitrogens is 1. The van der Waals surface area contributed by atoms with Crippen molar-refractivity contribution in [2.75, 3.05) is 12.4 Å². The predicted octanol–water partition coefficient (Wildman–Crippen LogP) is 5.27. The quantitative estimate of drug-likeness (QED) is 0.470. The van der Waals surface area contributed by atoms with E-state index in [1.54, 1.807) is 13.2 Å². The van der Waals surface area contributed by atoms with E-state index in [1.165, 1.54) is 0 Å². The fraction of sp³-hybridized carbons (Fsp3) is 0.200. The van der Waals surface area contributed by atoms with Gasteiger partial charge in [-0.15, -0.1) is 0 Å². The Morgan fingerprint density at radius 2 is 1.73 bits per heavy atom. The SMILES string of the molecule is COc1ccc(-n2c(C)cc(/C=C(/C#N)C(=O)Nc3ccc(C)c(C)c3)c2C)cc1. The lowest BCUT2D eigenvalue weighted by atomic mass is 10.1. The predicted molar refractivity (Wildman–Crippen MR) is 120 cm³/mol. The van der Waals surface area contributed by atoms with Gasteiger partial charge >= 0.3 is 0 Å². The standard InChI is InChI=1S/C25H25N3O2/c1-16-6-7-22(12-17(16)2)27-25(29)21(15-26)14-20-13-18(3)28(19(20)4)23-8-10-24(30-5)11-9-23/h6-14H,1-5H3,(H,27,29)/b21-14-. The number of anilines is 1. The first-order valence-electron chi connectivity index (χ1n) is 9.68. The fourth-order valence-electron chi connectivity index (χ4n) is 3.38. The molecule has 1 amide bonds. The second kappa shape index (κ2) is 8.71. The highest BCUT2D eigenvalue weighted by Gasteiger charge is 2.14. The molecule has 0 fully saturated rings. The molecule has 1 heterocycles. The van der Waals surface area contributed by atoms with Gasteiger partial charge in [0, 0.05) is 22.8 Å². The Labute approximate surface area is 177 Å². The van der Waals surface area contributed by atoms with E-state index in [1.807, 2.05) is 82.3 Å². The smallest absolute Gasteiger partial charge is 0.266 e. The summed E-state index contributed by atoms with van der Waals surface area (Å²) in [7, 11) is 1.64. The largest absolute Gasteiger partial charge is 0.497 e. The third-order valence-corrected chi connectivity index (χ3v) is 5.23. The molecule has 2 aromatic carbocycles. The summed E-state index contributed by atoms with van der Waals surface area (Å²) in [6, 6.07) is 17.5. The van der Waals surface area contributed by atoms with Crippen molar-refractivity contribution in [3.05, 3.63) is 82.2 Å². The number of hydrogen-bond donors (Lipinski definition) is 1. The molecule has 0 aliphatic rings. The van der Waals surface area contributed by atoms with Crippen LogP contribution in [0.25, 0.3) is 11.8 Å². The monoisotopic (exact) mass is 399 g/mol. The van der Waals surface area contributed by atoms with Gasteiger partial charge in [-0.05, 0) is 92.9 Å². The van der Waals surface area contributed by atoms with Crippen molar-refractivity contribution in [3.63, 3.8) is 0 Å². The van der Waals surface area contributed by atoms with E-state index in [4.69, 9.17) is 4.74 Å². The Bertz CT molecular complexity index is 1160. The summed E-state index contributed by atoms with van der Waals surface area (Å²) >= 11 is 0. The van der Waals surface area contributed by atoms with E-state index >= 15 is 0 Å². The number of aryl methyl sites for hydroxylation is 3. The minimum Gasteiger partial charge on any atom is -0.497 e. The number of ether oxygens (including phenoxy) is 1. The van der Waals surface area contributed by atoms with Gasteiger partial charge in [0.2, 0.25) is 0 Å². The molecule has 0 spiro atoms. The van der Waals surface area contributed by atoms with Gasteiger partial charge in [-0.25, -0.2) is 0 Å². The zero-order valence-corrected chi connectivity index (χ0v) is 17.9. The van der Waals surface area contributed by atoms with Crippen molar-refractivity contribution in [2.24, 2.45) is 0 Å². The Morgan fingerprint density at radius 1 is 1.03 bits per heavy atom. The third kappa shape index (κ3) is 4.28. The fourth-order valence-corrected chi connectivity index (χ4v) is 3.38. The van der Waals surface area contributed by atoms with Crippen LogP contribution in [0.3, 0.4) is 0 Å². The van der Waals surface area contributed by atoms with Crippen molar-refractivity contribution < 1.29 is 9.53 Å². The van der Waals surface area contributed by atoms with Crippen LogP contribution in [0.2, 0.25) is 0 Å². The molecule has 0 unspecified atom stereocenters. The topological polar surface area (TPSA) is 67.0 Å². The van der Waals surface area contributed by atoms with Gasteiger partial charge in [0.15, 0.2) is 0 Å². The second-order valence-corrected chi connectivity index (χ2v) is 7.28. The van der Waals surface area contributed by atoms with Crippen LogP contribution in [0.5, 0.6) is 5.75 Å². The molecule has 5 heteroatoms. The van der Waals surface area contributed by atoms with Gasteiger partial charge < -0.3 is 14.6 Å². The molecule has 0 radical (unpaired) electrons. The van der Waals surface area contributed by atoms with E-state index in [0.717, 1.165) is 39.5 Å². The molecule has 0 bridgehead atoms. The molecule has 0 atom stereocenters. The molecule has 5 nitrogen and oxygen atoms in total. The van der Waals surface area contributed by atoms with Crippen LogP contribution in [-0.4, -0.2) is 17.6 Å². The van der Waals surface area contributed by atoms with Crippen LogP contribution < -0.4 is 10.1 Å². The molecule has 0 saturated heterocycles. The zero-order chi connectivity index (χ0) is 21.8. The maximum absolute atomic E-state index is 12.7. The van der Waals surface area contributed by atoms with Crippen LogP contribution in [-0.2, 0) is 4.79 Å². The van der Waals surface area contributed by atoms with Crippen molar-refractivity contribution in [3.8, 4) is 17.5 Å². The first kappa shape index (κ1) is 20.9. The van der Waals surface area contributed by atoms with Gasteiger partial charge in [0.25, 0.3) is 5.91 Å². The Hall–Kier alpha value is -3.78. The second-order valence-electron chi connectivity index (χ2n) is 7.28. The average Bonchev–Trinajstić information content (AvgIpc) is 3.01. The number of nitriles is 1. The number of carbonyl (C=O) groups is 1. The Morgan fingerprint density at radius 3 is 2.33 bits per heavy atom.